The van der Waals surface area contributed by atoms with Crippen molar-refractivity contribution in [2.24, 2.45) is 5.92 Å². The molecule has 178 valence electrons. The number of nitrogens with zero attached hydrogens (tertiary/aromatic N) is 1. The van der Waals surface area contributed by atoms with Gasteiger partial charge in [-0.05, 0) is 73.9 Å². The molecule has 1 aromatic heterocycles. The maximum atomic E-state index is 14.0. The summed E-state index contributed by atoms with van der Waals surface area (Å²) in [5.41, 5.74) is 3.63. The molecule has 0 radical (unpaired) electrons. The van der Waals surface area contributed by atoms with Crippen LogP contribution in [0.3, 0.4) is 0 Å². The van der Waals surface area contributed by atoms with Gasteiger partial charge in [0.2, 0.25) is 0 Å². The van der Waals surface area contributed by atoms with Gasteiger partial charge in [0.25, 0.3) is 5.91 Å². The number of amides is 1. The number of H-pyrrole nitrogens is 1. The van der Waals surface area contributed by atoms with Crippen LogP contribution in [0.5, 0.6) is 5.75 Å². The molecule has 2 heterocycles. The maximum absolute atomic E-state index is 14.0. The number of aromatic nitrogens is 1. The van der Waals surface area contributed by atoms with Crippen LogP contribution in [0.25, 0.3) is 10.9 Å². The molecule has 0 unspecified atom stereocenters. The molecule has 5 rings (SSSR count). The zero-order chi connectivity index (χ0) is 23.8. The predicted octanol–water partition coefficient (Wildman–Crippen LogP) is 4.96. The summed E-state index contributed by atoms with van der Waals surface area (Å²) in [5.74, 6) is 0.177. The van der Waals surface area contributed by atoms with E-state index < -0.39 is 5.97 Å². The van der Waals surface area contributed by atoms with E-state index in [0.29, 0.717) is 30.2 Å². The molecule has 3 aromatic rings. The van der Waals surface area contributed by atoms with Crippen molar-refractivity contribution in [2.45, 2.75) is 44.8 Å². The summed E-state index contributed by atoms with van der Waals surface area (Å²) in [6.07, 6.45) is 5.82. The Morgan fingerprint density at radius 3 is 2.59 bits per heavy atom. The minimum Gasteiger partial charge on any atom is -0.496 e. The maximum Gasteiger partial charge on any atom is 0.335 e. The lowest BCUT2D eigenvalue weighted by Gasteiger charge is -2.40. The molecule has 1 aliphatic carbocycles. The van der Waals surface area contributed by atoms with Crippen molar-refractivity contribution >= 4 is 22.8 Å². The number of hydrogen-bond donors (Lipinski definition) is 2. The number of aromatic carboxylic acids is 1. The van der Waals surface area contributed by atoms with Crippen molar-refractivity contribution in [2.75, 3.05) is 20.3 Å². The molecule has 2 fully saturated rings. The fraction of sp³-hybridized carbons (Fsp3) is 0.407. The van der Waals surface area contributed by atoms with Gasteiger partial charge in [-0.15, -0.1) is 0 Å². The van der Waals surface area contributed by atoms with E-state index in [-0.39, 0.29) is 23.6 Å². The lowest BCUT2D eigenvalue weighted by Crippen LogP contribution is -2.43. The molecule has 7 nitrogen and oxygen atoms in total. The number of likely N-dealkylation sites (tertiary alicyclic amines) is 1. The highest BCUT2D eigenvalue weighted by Gasteiger charge is 2.36. The summed E-state index contributed by atoms with van der Waals surface area (Å²) >= 11 is 0. The topological polar surface area (TPSA) is 91.9 Å². The summed E-state index contributed by atoms with van der Waals surface area (Å²) < 4.78 is 11.9. The van der Waals surface area contributed by atoms with Gasteiger partial charge in [-0.1, -0.05) is 12.1 Å². The van der Waals surface area contributed by atoms with Crippen LogP contribution in [0.15, 0.2) is 42.6 Å². The van der Waals surface area contributed by atoms with E-state index in [1.54, 1.807) is 19.2 Å². The molecule has 34 heavy (non-hydrogen) atoms. The van der Waals surface area contributed by atoms with Crippen molar-refractivity contribution in [3.05, 3.63) is 64.8 Å². The summed E-state index contributed by atoms with van der Waals surface area (Å²) in [5, 5.41) is 10.1. The molecule has 2 aliphatic rings. The number of ether oxygens (including phenoxy) is 2. The quantitative estimate of drug-likeness (QED) is 0.518. The Labute approximate surface area is 198 Å². The van der Waals surface area contributed by atoms with E-state index in [2.05, 4.69) is 4.98 Å². The number of carbonyl (C=O) groups is 2. The van der Waals surface area contributed by atoms with Crippen LogP contribution < -0.4 is 4.74 Å². The fourth-order valence-corrected chi connectivity index (χ4v) is 4.95. The number of aryl methyl sites for hydroxylation is 1. The smallest absolute Gasteiger partial charge is 0.335 e. The van der Waals surface area contributed by atoms with E-state index in [4.69, 9.17) is 9.47 Å². The number of carbonyl (C=O) groups excluding carboxylic acids is 1. The number of hydrogen-bond acceptors (Lipinski definition) is 4. The van der Waals surface area contributed by atoms with Crippen LogP contribution >= 0.6 is 0 Å². The summed E-state index contributed by atoms with van der Waals surface area (Å²) in [7, 11) is 1.59. The Morgan fingerprint density at radius 1 is 1.15 bits per heavy atom. The standard InChI is InChI=1S/C27H30N2O5/c1-16-13-23(33-2)24(21-9-11-28-25(16)21)26(30)29-12-10-20(34-15-17-3-4-17)14-22(29)18-5-7-19(8-6-18)27(31)32/h5-9,11,13,17,20,22,28H,3-4,10,12,14-15H2,1-2H3,(H,31,32)/t20-,22+/m1/s1. The van der Waals surface area contributed by atoms with E-state index in [0.717, 1.165) is 35.1 Å². The van der Waals surface area contributed by atoms with Gasteiger partial charge in [0, 0.05) is 30.3 Å². The Morgan fingerprint density at radius 2 is 1.91 bits per heavy atom. The zero-order valence-corrected chi connectivity index (χ0v) is 19.5. The third-order valence-corrected chi connectivity index (χ3v) is 7.06. The molecular formula is C27H30N2O5. The van der Waals surface area contributed by atoms with E-state index in [9.17, 15) is 14.7 Å². The second-order valence-corrected chi connectivity index (χ2v) is 9.40. The number of carboxylic acid groups (broad SMARTS) is 1. The Balaban J connectivity index is 1.50. The van der Waals surface area contributed by atoms with Gasteiger partial charge in [0.05, 0.1) is 30.4 Å². The molecular weight excluding hydrogens is 432 g/mol. The number of fused-ring (bicyclic) bond motifs is 1. The largest absolute Gasteiger partial charge is 0.496 e. The highest BCUT2D eigenvalue weighted by molar-refractivity contribution is 6.09. The number of benzene rings is 2. The van der Waals surface area contributed by atoms with Gasteiger partial charge >= 0.3 is 5.97 Å². The van der Waals surface area contributed by atoms with Gasteiger partial charge in [0.1, 0.15) is 5.75 Å². The van der Waals surface area contributed by atoms with Crippen LogP contribution in [0.4, 0.5) is 0 Å². The molecule has 1 saturated heterocycles. The minimum atomic E-state index is -0.965. The summed E-state index contributed by atoms with van der Waals surface area (Å²) in [4.78, 5) is 30.5. The second-order valence-electron chi connectivity index (χ2n) is 9.40. The van der Waals surface area contributed by atoms with Crippen molar-refractivity contribution < 1.29 is 24.2 Å². The average Bonchev–Trinajstić information content (AvgIpc) is 3.55. The molecule has 2 N–H and O–H groups in total. The fourth-order valence-electron chi connectivity index (χ4n) is 4.95. The molecule has 7 heteroatoms. The number of aromatic amines is 1. The monoisotopic (exact) mass is 462 g/mol. The summed E-state index contributed by atoms with van der Waals surface area (Å²) in [6, 6.07) is 10.4. The number of piperidine rings is 1. The van der Waals surface area contributed by atoms with Gasteiger partial charge < -0.3 is 24.5 Å². The Bertz CT molecular complexity index is 1210. The lowest BCUT2D eigenvalue weighted by molar-refractivity contribution is -0.0154. The number of nitrogens with one attached hydrogen (secondary N) is 1. The van der Waals surface area contributed by atoms with Crippen molar-refractivity contribution in [3.8, 4) is 5.75 Å². The van der Waals surface area contributed by atoms with Gasteiger partial charge in [0.15, 0.2) is 0 Å². The average molecular weight is 463 g/mol. The van der Waals surface area contributed by atoms with Crippen LogP contribution in [-0.4, -0.2) is 53.2 Å². The first-order valence-corrected chi connectivity index (χ1v) is 11.9. The zero-order valence-electron chi connectivity index (χ0n) is 19.5. The van der Waals surface area contributed by atoms with Gasteiger partial charge in [-0.25, -0.2) is 4.79 Å². The normalized spacial score (nSPS) is 20.5. The molecule has 1 saturated carbocycles. The highest BCUT2D eigenvalue weighted by atomic mass is 16.5. The SMILES string of the molecule is COc1cc(C)c2[nH]ccc2c1C(=O)N1CC[C@@H](OCC2CC2)C[C@H]1c1ccc(C(=O)O)cc1. The molecule has 1 amide bonds. The first kappa shape index (κ1) is 22.5. The van der Waals surface area contributed by atoms with Crippen LogP contribution in [0, 0.1) is 12.8 Å². The van der Waals surface area contributed by atoms with Gasteiger partial charge in [-0.3, -0.25) is 4.79 Å². The van der Waals surface area contributed by atoms with Crippen LogP contribution in [0.1, 0.15) is 63.6 Å². The Kier molecular flexibility index (Phi) is 6.04. The molecule has 2 aromatic carbocycles. The number of carboxylic acids is 1. The third-order valence-electron chi connectivity index (χ3n) is 7.06. The van der Waals surface area contributed by atoms with E-state index >= 15 is 0 Å². The van der Waals surface area contributed by atoms with Crippen LogP contribution in [0.2, 0.25) is 0 Å². The molecule has 0 spiro atoms. The van der Waals surface area contributed by atoms with Crippen molar-refractivity contribution in [1.82, 2.24) is 9.88 Å². The van der Waals surface area contributed by atoms with Crippen molar-refractivity contribution in [1.29, 1.82) is 0 Å². The third kappa shape index (κ3) is 4.28. The minimum absolute atomic E-state index is 0.0704. The first-order valence-electron chi connectivity index (χ1n) is 11.9. The highest BCUT2D eigenvalue weighted by Crippen LogP contribution is 2.38. The first-order chi connectivity index (χ1) is 16.5. The van der Waals surface area contributed by atoms with E-state index in [1.165, 1.54) is 12.8 Å². The van der Waals surface area contributed by atoms with E-state index in [1.807, 2.05) is 42.3 Å². The number of rotatable bonds is 7. The second kappa shape index (κ2) is 9.14. The van der Waals surface area contributed by atoms with Gasteiger partial charge in [-0.2, -0.15) is 0 Å². The van der Waals surface area contributed by atoms with Crippen LogP contribution in [-0.2, 0) is 4.74 Å². The number of methoxy groups -OCH3 is 1. The molecule has 0 bridgehead atoms. The summed E-state index contributed by atoms with van der Waals surface area (Å²) in [6.45, 7) is 3.33. The molecule has 2 atom stereocenters. The lowest BCUT2D eigenvalue weighted by atomic mass is 9.91. The molecule has 1 aliphatic heterocycles. The Hall–Kier alpha value is -3.32. The predicted molar refractivity (Wildman–Crippen MR) is 128 cm³/mol. The van der Waals surface area contributed by atoms with Crippen molar-refractivity contribution in [3.63, 3.8) is 0 Å².